The summed E-state index contributed by atoms with van der Waals surface area (Å²) in [6, 6.07) is 0.668. The molecule has 0 fully saturated rings. The summed E-state index contributed by atoms with van der Waals surface area (Å²) in [4.78, 5) is 2.37. The Labute approximate surface area is 70.8 Å². The topological polar surface area (TPSA) is 29.3 Å². The van der Waals surface area contributed by atoms with Crippen LogP contribution in [0.5, 0.6) is 0 Å². The molecule has 0 amide bonds. The Hall–Kier alpha value is -0.0800. The highest BCUT2D eigenvalue weighted by Gasteiger charge is 2.11. The Morgan fingerprint density at radius 3 is 2.18 bits per heavy atom. The summed E-state index contributed by atoms with van der Waals surface area (Å²) in [7, 11) is 2.17. The van der Waals surface area contributed by atoms with Crippen molar-refractivity contribution < 1.29 is 0 Å². The molecule has 0 radical (unpaired) electrons. The van der Waals surface area contributed by atoms with E-state index in [1.807, 2.05) is 0 Å². The first kappa shape index (κ1) is 10.9. The third kappa shape index (κ3) is 4.38. The standard InChI is InChI=1S/C9H22N2/c1-8(2)9(3)11(4)7-5-6-10/h8-9H,5-7,10H2,1-4H3. The molecule has 0 saturated heterocycles. The van der Waals surface area contributed by atoms with Crippen LogP contribution >= 0.6 is 0 Å². The van der Waals surface area contributed by atoms with Crippen molar-refractivity contribution in [2.24, 2.45) is 11.7 Å². The molecule has 0 aromatic heterocycles. The summed E-state index contributed by atoms with van der Waals surface area (Å²) in [5.74, 6) is 0.734. The molecule has 0 aromatic carbocycles. The Morgan fingerprint density at radius 1 is 1.27 bits per heavy atom. The lowest BCUT2D eigenvalue weighted by Crippen LogP contribution is -2.34. The molecule has 2 nitrogen and oxygen atoms in total. The summed E-state index contributed by atoms with van der Waals surface area (Å²) in [5.41, 5.74) is 5.43. The number of rotatable bonds is 5. The molecule has 0 heterocycles. The van der Waals surface area contributed by atoms with Crippen molar-refractivity contribution in [1.29, 1.82) is 0 Å². The second-order valence-electron chi connectivity index (χ2n) is 3.61. The number of nitrogens with zero attached hydrogens (tertiary/aromatic N) is 1. The number of hydrogen-bond donors (Lipinski definition) is 1. The fourth-order valence-corrected chi connectivity index (χ4v) is 1.05. The zero-order valence-electron chi connectivity index (χ0n) is 8.30. The fourth-order valence-electron chi connectivity index (χ4n) is 1.05. The molecule has 1 unspecified atom stereocenters. The third-order valence-corrected chi connectivity index (χ3v) is 2.38. The maximum absolute atomic E-state index is 5.43. The van der Waals surface area contributed by atoms with Crippen LogP contribution in [0.1, 0.15) is 27.2 Å². The van der Waals surface area contributed by atoms with Crippen LogP contribution in [0.4, 0.5) is 0 Å². The van der Waals surface area contributed by atoms with E-state index in [4.69, 9.17) is 5.73 Å². The zero-order chi connectivity index (χ0) is 8.85. The van der Waals surface area contributed by atoms with Crippen LogP contribution in [-0.4, -0.2) is 31.1 Å². The SMILES string of the molecule is CC(C)C(C)N(C)CCCN. The first-order chi connectivity index (χ1) is 5.09. The van der Waals surface area contributed by atoms with Crippen molar-refractivity contribution in [3.05, 3.63) is 0 Å². The maximum Gasteiger partial charge on any atom is 0.00868 e. The lowest BCUT2D eigenvalue weighted by Gasteiger charge is -2.27. The monoisotopic (exact) mass is 158 g/mol. The lowest BCUT2D eigenvalue weighted by atomic mass is 10.1. The van der Waals surface area contributed by atoms with Crippen LogP contribution in [0.3, 0.4) is 0 Å². The predicted octanol–water partition coefficient (Wildman–Crippen LogP) is 1.31. The molecular weight excluding hydrogens is 136 g/mol. The number of hydrogen-bond acceptors (Lipinski definition) is 2. The van der Waals surface area contributed by atoms with Gasteiger partial charge in [0.05, 0.1) is 0 Å². The average Bonchev–Trinajstić information content (AvgIpc) is 1.98. The quantitative estimate of drug-likeness (QED) is 0.653. The summed E-state index contributed by atoms with van der Waals surface area (Å²) in [6.45, 7) is 8.69. The zero-order valence-corrected chi connectivity index (χ0v) is 8.30. The van der Waals surface area contributed by atoms with Gasteiger partial charge >= 0.3 is 0 Å². The van der Waals surface area contributed by atoms with E-state index in [1.165, 1.54) is 0 Å². The minimum Gasteiger partial charge on any atom is -0.330 e. The molecule has 2 heteroatoms. The van der Waals surface area contributed by atoms with Gasteiger partial charge in [0.2, 0.25) is 0 Å². The molecule has 0 spiro atoms. The van der Waals surface area contributed by atoms with Crippen molar-refractivity contribution >= 4 is 0 Å². The van der Waals surface area contributed by atoms with Gasteiger partial charge in [-0.3, -0.25) is 0 Å². The summed E-state index contributed by atoms with van der Waals surface area (Å²) in [5, 5.41) is 0. The molecule has 0 aliphatic carbocycles. The highest BCUT2D eigenvalue weighted by Crippen LogP contribution is 2.07. The molecule has 68 valence electrons. The van der Waals surface area contributed by atoms with Gasteiger partial charge in [0, 0.05) is 6.04 Å². The van der Waals surface area contributed by atoms with Crippen LogP contribution < -0.4 is 5.73 Å². The Balaban J connectivity index is 3.55. The molecule has 0 rings (SSSR count). The van der Waals surface area contributed by atoms with Crippen molar-refractivity contribution in [1.82, 2.24) is 4.90 Å². The van der Waals surface area contributed by atoms with Crippen molar-refractivity contribution in [3.63, 3.8) is 0 Å². The third-order valence-electron chi connectivity index (χ3n) is 2.38. The molecule has 11 heavy (non-hydrogen) atoms. The van der Waals surface area contributed by atoms with Gasteiger partial charge in [0.15, 0.2) is 0 Å². The minimum absolute atomic E-state index is 0.668. The minimum atomic E-state index is 0.668. The average molecular weight is 158 g/mol. The van der Waals surface area contributed by atoms with Gasteiger partial charge in [-0.15, -0.1) is 0 Å². The maximum atomic E-state index is 5.43. The van der Waals surface area contributed by atoms with E-state index in [1.54, 1.807) is 0 Å². The highest BCUT2D eigenvalue weighted by molar-refractivity contribution is 4.66. The summed E-state index contributed by atoms with van der Waals surface area (Å²) >= 11 is 0. The van der Waals surface area contributed by atoms with Gasteiger partial charge in [0.1, 0.15) is 0 Å². The van der Waals surface area contributed by atoms with Gasteiger partial charge in [-0.1, -0.05) is 13.8 Å². The molecule has 0 aliphatic heterocycles. The van der Waals surface area contributed by atoms with E-state index >= 15 is 0 Å². The van der Waals surface area contributed by atoms with E-state index in [0.29, 0.717) is 6.04 Å². The largest absolute Gasteiger partial charge is 0.330 e. The van der Waals surface area contributed by atoms with Gasteiger partial charge in [0.25, 0.3) is 0 Å². The molecule has 1 atom stereocenters. The summed E-state index contributed by atoms with van der Waals surface area (Å²) < 4.78 is 0. The second kappa shape index (κ2) is 5.56. The van der Waals surface area contributed by atoms with Crippen LogP contribution in [0.15, 0.2) is 0 Å². The van der Waals surface area contributed by atoms with E-state index in [-0.39, 0.29) is 0 Å². The Morgan fingerprint density at radius 2 is 1.82 bits per heavy atom. The second-order valence-corrected chi connectivity index (χ2v) is 3.61. The van der Waals surface area contributed by atoms with Gasteiger partial charge in [-0.05, 0) is 39.4 Å². The molecule has 0 bridgehead atoms. The first-order valence-corrected chi connectivity index (χ1v) is 4.50. The van der Waals surface area contributed by atoms with Gasteiger partial charge in [-0.2, -0.15) is 0 Å². The van der Waals surface area contributed by atoms with Crippen LogP contribution in [0.25, 0.3) is 0 Å². The van der Waals surface area contributed by atoms with Crippen LogP contribution in [0.2, 0.25) is 0 Å². The molecular formula is C9H22N2. The molecule has 0 aliphatic rings. The van der Waals surface area contributed by atoms with E-state index in [9.17, 15) is 0 Å². The van der Waals surface area contributed by atoms with Gasteiger partial charge < -0.3 is 10.6 Å². The van der Waals surface area contributed by atoms with Crippen molar-refractivity contribution in [2.45, 2.75) is 33.2 Å². The van der Waals surface area contributed by atoms with E-state index < -0.39 is 0 Å². The Kier molecular flexibility index (Phi) is 5.51. The smallest absolute Gasteiger partial charge is 0.00868 e. The molecule has 0 aromatic rings. The summed E-state index contributed by atoms with van der Waals surface area (Å²) in [6.07, 6.45) is 1.10. The predicted molar refractivity (Wildman–Crippen MR) is 50.6 cm³/mol. The van der Waals surface area contributed by atoms with Crippen molar-refractivity contribution in [3.8, 4) is 0 Å². The van der Waals surface area contributed by atoms with E-state index in [2.05, 4.69) is 32.7 Å². The first-order valence-electron chi connectivity index (χ1n) is 4.50. The van der Waals surface area contributed by atoms with Crippen LogP contribution in [-0.2, 0) is 0 Å². The lowest BCUT2D eigenvalue weighted by molar-refractivity contribution is 0.207. The normalized spacial score (nSPS) is 14.5. The van der Waals surface area contributed by atoms with Crippen LogP contribution in [0, 0.1) is 5.92 Å². The van der Waals surface area contributed by atoms with Crippen molar-refractivity contribution in [2.75, 3.05) is 20.1 Å². The molecule has 2 N–H and O–H groups in total. The Bertz CT molecular complexity index is 91.6. The van der Waals surface area contributed by atoms with Gasteiger partial charge in [-0.25, -0.2) is 0 Å². The number of nitrogens with two attached hydrogens (primary N) is 1. The van der Waals surface area contributed by atoms with E-state index in [0.717, 1.165) is 25.4 Å². The highest BCUT2D eigenvalue weighted by atomic mass is 15.1. The fraction of sp³-hybridized carbons (Fsp3) is 1.00. The molecule has 0 saturated carbocycles.